The smallest absolute Gasteiger partial charge is 0.342 e. The number of hydrogen-bond acceptors (Lipinski definition) is 5. The molecule has 2 rings (SSSR count). The van der Waals surface area contributed by atoms with Crippen molar-refractivity contribution >= 4 is 5.91 Å². The molecule has 0 radical (unpaired) electrons. The predicted molar refractivity (Wildman–Crippen MR) is 64.4 cm³/mol. The van der Waals surface area contributed by atoms with Gasteiger partial charge in [-0.25, -0.2) is 9.89 Å². The van der Waals surface area contributed by atoms with Crippen molar-refractivity contribution in [1.29, 1.82) is 0 Å². The van der Waals surface area contributed by atoms with Gasteiger partial charge >= 0.3 is 5.69 Å². The Morgan fingerprint density at radius 1 is 1.42 bits per heavy atom. The number of nitrogens with one attached hydrogen (secondary N) is 3. The summed E-state index contributed by atoms with van der Waals surface area (Å²) in [5.74, 6) is 0.414. The molecule has 2 heterocycles. The molecule has 0 bridgehead atoms. The van der Waals surface area contributed by atoms with E-state index in [0.717, 1.165) is 0 Å². The molecule has 0 aliphatic heterocycles. The average Bonchev–Trinajstić information content (AvgIpc) is 2.88. The molecule has 0 unspecified atom stereocenters. The fourth-order valence-electron chi connectivity index (χ4n) is 1.46. The van der Waals surface area contributed by atoms with Crippen LogP contribution in [-0.4, -0.2) is 21.1 Å². The minimum atomic E-state index is -0.670. The number of carbonyl (C=O) groups excluding carboxylic acids is 1. The van der Waals surface area contributed by atoms with Crippen LogP contribution in [0.3, 0.4) is 0 Å². The third-order valence-corrected chi connectivity index (χ3v) is 2.41. The van der Waals surface area contributed by atoms with Gasteiger partial charge in [-0.2, -0.15) is 5.10 Å². The number of furan rings is 1. The fourth-order valence-corrected chi connectivity index (χ4v) is 1.46. The Kier molecular flexibility index (Phi) is 3.91. The lowest BCUT2D eigenvalue weighted by Gasteiger charge is -2.02. The number of aromatic amines is 2. The summed E-state index contributed by atoms with van der Waals surface area (Å²) in [5, 5.41) is 8.33. The summed E-state index contributed by atoms with van der Waals surface area (Å²) in [6, 6.07) is 3.47. The van der Waals surface area contributed by atoms with E-state index < -0.39 is 11.2 Å². The van der Waals surface area contributed by atoms with Crippen molar-refractivity contribution in [3.05, 3.63) is 50.7 Å². The Balaban J connectivity index is 1.83. The lowest BCUT2D eigenvalue weighted by atomic mass is 10.2. The van der Waals surface area contributed by atoms with E-state index in [1.54, 1.807) is 12.1 Å². The second kappa shape index (κ2) is 5.80. The summed E-state index contributed by atoms with van der Waals surface area (Å²) < 4.78 is 5.06. The summed E-state index contributed by atoms with van der Waals surface area (Å²) in [6.45, 7) is 0.293. The Labute approximate surface area is 106 Å². The van der Waals surface area contributed by atoms with Crippen LogP contribution >= 0.6 is 0 Å². The topological polar surface area (TPSA) is 121 Å². The van der Waals surface area contributed by atoms with Gasteiger partial charge in [0.1, 0.15) is 11.5 Å². The Hall–Kier alpha value is -2.64. The summed E-state index contributed by atoms with van der Waals surface area (Å²) in [7, 11) is 0. The van der Waals surface area contributed by atoms with Gasteiger partial charge in [-0.15, -0.1) is 0 Å². The maximum Gasteiger partial charge on any atom is 0.342 e. The van der Waals surface area contributed by atoms with E-state index in [4.69, 9.17) is 4.42 Å². The summed E-state index contributed by atoms with van der Waals surface area (Å²) in [5.41, 5.74) is -1.13. The largest absolute Gasteiger partial charge is 0.467 e. The summed E-state index contributed by atoms with van der Waals surface area (Å²) in [4.78, 5) is 35.6. The second-order valence-corrected chi connectivity index (χ2v) is 3.81. The maximum atomic E-state index is 11.5. The third-order valence-electron chi connectivity index (χ3n) is 2.41. The molecule has 2 aromatic rings. The highest BCUT2D eigenvalue weighted by Crippen LogP contribution is 1.99. The summed E-state index contributed by atoms with van der Waals surface area (Å²) in [6.07, 6.45) is 1.77. The van der Waals surface area contributed by atoms with Crippen LogP contribution in [0.15, 0.2) is 32.4 Å². The van der Waals surface area contributed by atoms with Gasteiger partial charge in [0.2, 0.25) is 5.91 Å². The van der Waals surface area contributed by atoms with Gasteiger partial charge in [-0.1, -0.05) is 0 Å². The number of nitrogens with zero attached hydrogens (tertiary/aromatic N) is 1. The van der Waals surface area contributed by atoms with E-state index in [1.165, 1.54) is 6.26 Å². The molecule has 0 atom stereocenters. The van der Waals surface area contributed by atoms with Crippen molar-refractivity contribution in [1.82, 2.24) is 20.5 Å². The monoisotopic (exact) mass is 264 g/mol. The first-order valence-corrected chi connectivity index (χ1v) is 5.62. The number of aromatic nitrogens is 3. The number of hydrogen-bond donors (Lipinski definition) is 3. The molecule has 0 aliphatic carbocycles. The second-order valence-electron chi connectivity index (χ2n) is 3.81. The van der Waals surface area contributed by atoms with Crippen LogP contribution < -0.4 is 16.6 Å². The minimum absolute atomic E-state index is 0.100. The van der Waals surface area contributed by atoms with Crippen molar-refractivity contribution < 1.29 is 9.21 Å². The SMILES string of the molecule is O=C(CCc1n[nH]c(=O)[nH]c1=O)NCc1ccco1. The molecule has 8 heteroatoms. The minimum Gasteiger partial charge on any atom is -0.467 e. The van der Waals surface area contributed by atoms with Gasteiger partial charge in [0, 0.05) is 12.8 Å². The van der Waals surface area contributed by atoms with Crippen molar-refractivity contribution in [3.8, 4) is 0 Å². The molecule has 0 saturated heterocycles. The van der Waals surface area contributed by atoms with E-state index in [1.807, 2.05) is 4.98 Å². The van der Waals surface area contributed by atoms with Gasteiger partial charge in [0.15, 0.2) is 0 Å². The third kappa shape index (κ3) is 3.66. The van der Waals surface area contributed by atoms with Crippen molar-refractivity contribution in [2.75, 3.05) is 0 Å². The van der Waals surface area contributed by atoms with Gasteiger partial charge < -0.3 is 9.73 Å². The zero-order chi connectivity index (χ0) is 13.7. The zero-order valence-corrected chi connectivity index (χ0v) is 9.93. The first-order chi connectivity index (χ1) is 9.15. The highest BCUT2D eigenvalue weighted by Gasteiger charge is 2.07. The Morgan fingerprint density at radius 3 is 2.95 bits per heavy atom. The van der Waals surface area contributed by atoms with E-state index in [-0.39, 0.29) is 24.4 Å². The van der Waals surface area contributed by atoms with Crippen LogP contribution in [0.4, 0.5) is 0 Å². The standard InChI is InChI=1S/C11H12N4O4/c16-9(12-6-7-2-1-5-19-7)4-3-8-10(17)13-11(18)15-14-8/h1-2,5H,3-4,6H2,(H,12,16)(H2,13,15,17,18). The van der Waals surface area contributed by atoms with E-state index in [9.17, 15) is 14.4 Å². The molecular weight excluding hydrogens is 252 g/mol. The number of H-pyrrole nitrogens is 2. The Bertz CT molecular complexity index is 656. The molecule has 0 fully saturated rings. The average molecular weight is 264 g/mol. The van der Waals surface area contributed by atoms with Crippen LogP contribution in [0.1, 0.15) is 17.9 Å². The van der Waals surface area contributed by atoms with E-state index in [2.05, 4.69) is 15.5 Å². The van der Waals surface area contributed by atoms with Crippen molar-refractivity contribution in [2.45, 2.75) is 19.4 Å². The zero-order valence-electron chi connectivity index (χ0n) is 9.93. The lowest BCUT2D eigenvalue weighted by molar-refractivity contribution is -0.121. The van der Waals surface area contributed by atoms with E-state index in [0.29, 0.717) is 12.3 Å². The molecule has 0 aromatic carbocycles. The molecule has 2 aromatic heterocycles. The fraction of sp³-hybridized carbons (Fsp3) is 0.273. The van der Waals surface area contributed by atoms with Crippen LogP contribution in [-0.2, 0) is 17.8 Å². The molecule has 3 N–H and O–H groups in total. The van der Waals surface area contributed by atoms with Gasteiger partial charge in [0.05, 0.1) is 12.8 Å². The molecular formula is C11H12N4O4. The van der Waals surface area contributed by atoms with E-state index >= 15 is 0 Å². The Morgan fingerprint density at radius 2 is 2.26 bits per heavy atom. The van der Waals surface area contributed by atoms with Crippen molar-refractivity contribution in [3.63, 3.8) is 0 Å². The van der Waals surface area contributed by atoms with Gasteiger partial charge in [0.25, 0.3) is 5.56 Å². The molecule has 1 amide bonds. The molecule has 8 nitrogen and oxygen atoms in total. The van der Waals surface area contributed by atoms with Crippen LogP contribution in [0.25, 0.3) is 0 Å². The molecule has 0 saturated carbocycles. The van der Waals surface area contributed by atoms with Crippen LogP contribution in [0, 0.1) is 0 Å². The quantitative estimate of drug-likeness (QED) is 0.659. The van der Waals surface area contributed by atoms with Crippen LogP contribution in [0.5, 0.6) is 0 Å². The molecule has 19 heavy (non-hydrogen) atoms. The molecule has 0 spiro atoms. The first kappa shape index (κ1) is 12.8. The van der Waals surface area contributed by atoms with Crippen LogP contribution in [0.2, 0.25) is 0 Å². The normalized spacial score (nSPS) is 10.3. The lowest BCUT2D eigenvalue weighted by Crippen LogP contribution is -2.29. The first-order valence-electron chi connectivity index (χ1n) is 5.62. The number of amides is 1. The maximum absolute atomic E-state index is 11.5. The van der Waals surface area contributed by atoms with Crippen molar-refractivity contribution in [2.24, 2.45) is 0 Å². The predicted octanol–water partition coefficient (Wildman–Crippen LogP) is -0.700. The van der Waals surface area contributed by atoms with Gasteiger partial charge in [-0.3, -0.25) is 14.6 Å². The number of aryl methyl sites for hydroxylation is 1. The highest BCUT2D eigenvalue weighted by molar-refractivity contribution is 5.75. The molecule has 100 valence electrons. The molecule has 0 aliphatic rings. The summed E-state index contributed by atoms with van der Waals surface area (Å²) >= 11 is 0. The number of carbonyl (C=O) groups is 1. The number of rotatable bonds is 5. The highest BCUT2D eigenvalue weighted by atomic mass is 16.3. The van der Waals surface area contributed by atoms with Gasteiger partial charge in [-0.05, 0) is 12.1 Å².